The van der Waals surface area contributed by atoms with E-state index in [0.717, 1.165) is 22.0 Å². The van der Waals surface area contributed by atoms with Gasteiger partial charge in [0.1, 0.15) is 12.4 Å². The highest BCUT2D eigenvalue weighted by molar-refractivity contribution is 7.87. The third-order valence-electron chi connectivity index (χ3n) is 6.03. The first-order valence-corrected chi connectivity index (χ1v) is 12.3. The number of carbonyl (C=O) groups excluding carboxylic acids is 1. The summed E-state index contributed by atoms with van der Waals surface area (Å²) < 4.78 is 81.2. The molecule has 0 bridgehead atoms. The summed E-state index contributed by atoms with van der Waals surface area (Å²) in [6, 6.07) is 1.93. The minimum atomic E-state index is -4.60. The second kappa shape index (κ2) is 9.71. The molecule has 34 heavy (non-hydrogen) atoms. The number of halogens is 4. The molecular formula is C22H28F4N4O3S. The number of rotatable bonds is 6. The Labute approximate surface area is 197 Å². The van der Waals surface area contributed by atoms with Crippen molar-refractivity contribution in [2.24, 2.45) is 5.41 Å². The Morgan fingerprint density at radius 3 is 2.56 bits per heavy atom. The quantitative estimate of drug-likeness (QED) is 0.462. The lowest BCUT2D eigenvalue weighted by atomic mass is 9.98. The molecule has 1 aromatic carbocycles. The van der Waals surface area contributed by atoms with Crippen LogP contribution in [0.25, 0.3) is 0 Å². The van der Waals surface area contributed by atoms with E-state index in [1.165, 1.54) is 26.2 Å². The summed E-state index contributed by atoms with van der Waals surface area (Å²) >= 11 is 0. The maximum absolute atomic E-state index is 15.2. The summed E-state index contributed by atoms with van der Waals surface area (Å²) in [6.45, 7) is 0.467. The van der Waals surface area contributed by atoms with Gasteiger partial charge in [0.25, 0.3) is 10.2 Å². The fourth-order valence-electron chi connectivity index (χ4n) is 3.66. The molecule has 1 saturated heterocycles. The SMILES string of the molecule is CN(C)S(=O)(=O)NC1CCN(C(=O)NCC(F)(F)F)C1Cc1cccc(C#CC2(C)CC2)c1F. The Hall–Kier alpha value is -2.36. The van der Waals surface area contributed by atoms with Crippen LogP contribution in [0.5, 0.6) is 0 Å². The van der Waals surface area contributed by atoms with Gasteiger partial charge in [-0.05, 0) is 44.2 Å². The topological polar surface area (TPSA) is 81.8 Å². The van der Waals surface area contributed by atoms with Gasteiger partial charge < -0.3 is 10.2 Å². The van der Waals surface area contributed by atoms with Crippen LogP contribution in [0.4, 0.5) is 22.4 Å². The molecule has 12 heteroatoms. The molecule has 1 aromatic rings. The van der Waals surface area contributed by atoms with Crippen molar-refractivity contribution in [3.8, 4) is 11.8 Å². The standard InChI is InChI=1S/C22H28F4N4O3S/c1-21(10-11-21)9-7-15-5-4-6-16(19(15)23)13-18-17(28-34(32,33)29(2)3)8-12-30(18)20(31)27-14-22(24,25)26/h4-6,17-18,28H,8,10-14H2,1-3H3,(H,27,31). The summed E-state index contributed by atoms with van der Waals surface area (Å²) in [5.41, 5.74) is 0.265. The third kappa shape index (κ3) is 6.61. The van der Waals surface area contributed by atoms with E-state index in [-0.39, 0.29) is 35.9 Å². The first-order chi connectivity index (χ1) is 15.7. The van der Waals surface area contributed by atoms with Gasteiger partial charge in [-0.15, -0.1) is 0 Å². The maximum atomic E-state index is 15.2. The van der Waals surface area contributed by atoms with E-state index in [1.54, 1.807) is 6.07 Å². The molecule has 1 aliphatic carbocycles. The van der Waals surface area contributed by atoms with E-state index < -0.39 is 46.9 Å². The number of amides is 2. The third-order valence-corrected chi connectivity index (χ3v) is 7.60. The molecule has 2 atom stereocenters. The smallest absolute Gasteiger partial charge is 0.329 e. The van der Waals surface area contributed by atoms with Gasteiger partial charge in [-0.2, -0.15) is 30.6 Å². The highest BCUT2D eigenvalue weighted by Crippen LogP contribution is 2.44. The molecule has 1 saturated carbocycles. The molecule has 188 valence electrons. The molecule has 3 rings (SSSR count). The second-order valence-electron chi connectivity index (χ2n) is 9.13. The molecule has 7 nitrogen and oxygen atoms in total. The fraction of sp³-hybridized carbons (Fsp3) is 0.591. The second-order valence-corrected chi connectivity index (χ2v) is 11.0. The zero-order valence-corrected chi connectivity index (χ0v) is 20.0. The molecule has 2 aliphatic rings. The van der Waals surface area contributed by atoms with Gasteiger partial charge in [0, 0.05) is 32.1 Å². The van der Waals surface area contributed by atoms with Gasteiger partial charge in [-0.1, -0.05) is 24.0 Å². The van der Waals surface area contributed by atoms with Crippen LogP contribution in [-0.2, 0) is 16.6 Å². The van der Waals surface area contributed by atoms with E-state index in [0.29, 0.717) is 0 Å². The van der Waals surface area contributed by atoms with E-state index in [4.69, 9.17) is 0 Å². The van der Waals surface area contributed by atoms with Crippen molar-refractivity contribution < 1.29 is 30.8 Å². The lowest BCUT2D eigenvalue weighted by molar-refractivity contribution is -0.123. The Morgan fingerprint density at radius 2 is 1.97 bits per heavy atom. The van der Waals surface area contributed by atoms with E-state index in [2.05, 4.69) is 16.6 Å². The highest BCUT2D eigenvalue weighted by Gasteiger charge is 2.41. The number of alkyl halides is 3. The number of benzene rings is 1. The van der Waals surface area contributed by atoms with Crippen LogP contribution in [0.15, 0.2) is 18.2 Å². The molecule has 0 spiro atoms. The van der Waals surface area contributed by atoms with Crippen LogP contribution >= 0.6 is 0 Å². The van der Waals surface area contributed by atoms with Crippen LogP contribution in [0.1, 0.15) is 37.3 Å². The normalized spacial score (nSPS) is 21.8. The molecule has 2 unspecified atom stereocenters. The molecular weight excluding hydrogens is 476 g/mol. The van der Waals surface area contributed by atoms with Crippen LogP contribution in [0.3, 0.4) is 0 Å². The van der Waals surface area contributed by atoms with Crippen molar-refractivity contribution in [2.75, 3.05) is 27.2 Å². The number of hydrogen-bond donors (Lipinski definition) is 2. The number of likely N-dealkylation sites (tertiary alicyclic amines) is 1. The monoisotopic (exact) mass is 504 g/mol. The predicted molar refractivity (Wildman–Crippen MR) is 118 cm³/mol. The van der Waals surface area contributed by atoms with E-state index in [9.17, 15) is 26.4 Å². The van der Waals surface area contributed by atoms with Crippen LogP contribution in [0, 0.1) is 23.1 Å². The molecule has 2 fully saturated rings. The van der Waals surface area contributed by atoms with Gasteiger partial charge >= 0.3 is 12.2 Å². The van der Waals surface area contributed by atoms with Gasteiger partial charge in [0.2, 0.25) is 0 Å². The van der Waals surface area contributed by atoms with Crippen molar-refractivity contribution in [1.82, 2.24) is 19.2 Å². The number of hydrogen-bond acceptors (Lipinski definition) is 3. The summed E-state index contributed by atoms with van der Waals surface area (Å²) in [7, 11) is -1.26. The van der Waals surface area contributed by atoms with Crippen molar-refractivity contribution in [1.29, 1.82) is 0 Å². The number of nitrogens with one attached hydrogen (secondary N) is 2. The Kier molecular flexibility index (Phi) is 7.50. The van der Waals surface area contributed by atoms with Crippen LogP contribution in [-0.4, -0.2) is 69.1 Å². The van der Waals surface area contributed by atoms with E-state index in [1.807, 2.05) is 12.2 Å². The summed E-state index contributed by atoms with van der Waals surface area (Å²) in [4.78, 5) is 13.6. The van der Waals surface area contributed by atoms with Gasteiger partial charge in [0.15, 0.2) is 0 Å². The number of urea groups is 1. The molecule has 1 heterocycles. The van der Waals surface area contributed by atoms with Crippen molar-refractivity contribution >= 4 is 16.2 Å². The average Bonchev–Trinajstić information content (AvgIpc) is 3.35. The summed E-state index contributed by atoms with van der Waals surface area (Å²) in [5.74, 6) is 5.32. The Balaban J connectivity index is 1.87. The predicted octanol–water partition coefficient (Wildman–Crippen LogP) is 2.63. The Bertz CT molecular complexity index is 1090. The number of nitrogens with zero attached hydrogens (tertiary/aromatic N) is 2. The van der Waals surface area contributed by atoms with Gasteiger partial charge in [-0.25, -0.2) is 9.18 Å². The largest absolute Gasteiger partial charge is 0.405 e. The van der Waals surface area contributed by atoms with Gasteiger partial charge in [-0.3, -0.25) is 0 Å². The van der Waals surface area contributed by atoms with Crippen molar-refractivity contribution in [3.05, 3.63) is 35.1 Å². The first-order valence-electron chi connectivity index (χ1n) is 10.8. The van der Waals surface area contributed by atoms with Gasteiger partial charge in [0.05, 0.1) is 11.6 Å². The lowest BCUT2D eigenvalue weighted by Gasteiger charge is -2.30. The zero-order valence-electron chi connectivity index (χ0n) is 19.2. The minimum absolute atomic E-state index is 0.00838. The molecule has 0 aromatic heterocycles. The Morgan fingerprint density at radius 1 is 1.29 bits per heavy atom. The van der Waals surface area contributed by atoms with Crippen LogP contribution in [0.2, 0.25) is 0 Å². The van der Waals surface area contributed by atoms with Crippen molar-refractivity contribution in [2.45, 2.75) is 50.9 Å². The maximum Gasteiger partial charge on any atom is 0.405 e. The zero-order chi connectivity index (χ0) is 25.3. The summed E-state index contributed by atoms with van der Waals surface area (Å²) in [5, 5.41) is 1.81. The molecule has 2 amide bonds. The first kappa shape index (κ1) is 26.2. The van der Waals surface area contributed by atoms with E-state index >= 15 is 4.39 Å². The summed E-state index contributed by atoms with van der Waals surface area (Å²) in [6.07, 6.45) is -2.65. The minimum Gasteiger partial charge on any atom is -0.329 e. The fourth-order valence-corrected chi connectivity index (χ4v) is 4.53. The number of carbonyl (C=O) groups is 1. The lowest BCUT2D eigenvalue weighted by Crippen LogP contribution is -2.53. The highest BCUT2D eigenvalue weighted by atomic mass is 32.2. The van der Waals surface area contributed by atoms with Crippen molar-refractivity contribution in [3.63, 3.8) is 0 Å². The molecule has 2 N–H and O–H groups in total. The average molecular weight is 505 g/mol. The van der Waals surface area contributed by atoms with Crippen LogP contribution < -0.4 is 10.0 Å². The molecule has 0 radical (unpaired) electrons. The molecule has 1 aliphatic heterocycles.